The minimum Gasteiger partial charge on any atom is -0.366 e. The van der Waals surface area contributed by atoms with Gasteiger partial charge in [-0.25, -0.2) is 4.98 Å². The zero-order valence-electron chi connectivity index (χ0n) is 9.50. The van der Waals surface area contributed by atoms with Crippen LogP contribution in [0.15, 0.2) is 12.1 Å². The van der Waals surface area contributed by atoms with E-state index in [-0.39, 0.29) is 0 Å². The summed E-state index contributed by atoms with van der Waals surface area (Å²) >= 11 is 0. The van der Waals surface area contributed by atoms with Crippen LogP contribution in [0.4, 0.5) is 0 Å². The molecule has 0 aliphatic rings. The van der Waals surface area contributed by atoms with Crippen LogP contribution in [0.5, 0.6) is 0 Å². The SMILES string of the molecule is CCCc1nc2c(C)cc(C(N)=O)cc2[nH]1. The number of imidazole rings is 1. The first kappa shape index (κ1) is 10.7. The van der Waals surface area contributed by atoms with Gasteiger partial charge in [-0.2, -0.15) is 0 Å². The molecular weight excluding hydrogens is 202 g/mol. The van der Waals surface area contributed by atoms with Gasteiger partial charge in [-0.1, -0.05) is 6.92 Å². The lowest BCUT2D eigenvalue weighted by molar-refractivity contribution is 0.100. The van der Waals surface area contributed by atoms with Crippen molar-refractivity contribution in [2.24, 2.45) is 5.73 Å². The molecule has 0 unspecified atom stereocenters. The minimum atomic E-state index is -0.406. The topological polar surface area (TPSA) is 71.8 Å². The molecule has 16 heavy (non-hydrogen) atoms. The molecular formula is C12H15N3O. The quantitative estimate of drug-likeness (QED) is 0.824. The first-order valence-corrected chi connectivity index (χ1v) is 5.41. The normalized spacial score (nSPS) is 10.9. The predicted octanol–water partition coefficient (Wildman–Crippen LogP) is 1.92. The van der Waals surface area contributed by atoms with Gasteiger partial charge in [-0.05, 0) is 31.0 Å². The molecule has 4 heteroatoms. The summed E-state index contributed by atoms with van der Waals surface area (Å²) < 4.78 is 0. The second-order valence-electron chi connectivity index (χ2n) is 3.99. The van der Waals surface area contributed by atoms with Gasteiger partial charge in [0.05, 0.1) is 11.0 Å². The number of carbonyl (C=O) groups excluding carboxylic acids is 1. The summed E-state index contributed by atoms with van der Waals surface area (Å²) in [6.07, 6.45) is 1.96. The van der Waals surface area contributed by atoms with Gasteiger partial charge in [0.15, 0.2) is 0 Å². The fourth-order valence-corrected chi connectivity index (χ4v) is 1.84. The lowest BCUT2D eigenvalue weighted by atomic mass is 10.1. The second-order valence-corrected chi connectivity index (χ2v) is 3.99. The maximum Gasteiger partial charge on any atom is 0.248 e. The number of carbonyl (C=O) groups is 1. The van der Waals surface area contributed by atoms with Gasteiger partial charge in [0.25, 0.3) is 0 Å². The van der Waals surface area contributed by atoms with Crippen molar-refractivity contribution in [3.63, 3.8) is 0 Å². The van der Waals surface area contributed by atoms with Crippen LogP contribution in [0.25, 0.3) is 11.0 Å². The number of rotatable bonds is 3. The molecule has 0 saturated heterocycles. The lowest BCUT2D eigenvalue weighted by Crippen LogP contribution is -2.10. The number of fused-ring (bicyclic) bond motifs is 1. The van der Waals surface area contributed by atoms with Crippen molar-refractivity contribution in [2.75, 3.05) is 0 Å². The fraction of sp³-hybridized carbons (Fsp3) is 0.333. The number of nitrogens with one attached hydrogen (secondary N) is 1. The molecule has 1 aromatic carbocycles. The Bertz CT molecular complexity index is 542. The molecule has 2 rings (SSSR count). The van der Waals surface area contributed by atoms with Crippen molar-refractivity contribution in [1.29, 1.82) is 0 Å². The number of nitrogens with two attached hydrogens (primary N) is 1. The number of H-pyrrole nitrogens is 1. The molecule has 0 bridgehead atoms. The van der Waals surface area contributed by atoms with E-state index in [4.69, 9.17) is 5.73 Å². The van der Waals surface area contributed by atoms with Crippen molar-refractivity contribution >= 4 is 16.9 Å². The highest BCUT2D eigenvalue weighted by molar-refractivity contribution is 5.97. The standard InChI is InChI=1S/C12H15N3O/c1-3-4-10-14-9-6-8(12(13)16)5-7(2)11(9)15-10/h5-6H,3-4H2,1-2H3,(H2,13,16)(H,14,15). The highest BCUT2D eigenvalue weighted by Gasteiger charge is 2.09. The molecule has 0 aliphatic heterocycles. The predicted molar refractivity (Wildman–Crippen MR) is 63.3 cm³/mol. The molecule has 2 aromatic rings. The van der Waals surface area contributed by atoms with Crippen LogP contribution >= 0.6 is 0 Å². The Labute approximate surface area is 93.9 Å². The second kappa shape index (κ2) is 3.96. The maximum atomic E-state index is 11.1. The molecule has 0 atom stereocenters. The summed E-state index contributed by atoms with van der Waals surface area (Å²) in [7, 11) is 0. The number of aryl methyl sites for hydroxylation is 2. The smallest absolute Gasteiger partial charge is 0.248 e. The van der Waals surface area contributed by atoms with Crippen LogP contribution in [0, 0.1) is 6.92 Å². The van der Waals surface area contributed by atoms with E-state index in [0.29, 0.717) is 5.56 Å². The number of hydrogen-bond donors (Lipinski definition) is 2. The fourth-order valence-electron chi connectivity index (χ4n) is 1.84. The van der Waals surface area contributed by atoms with E-state index < -0.39 is 5.91 Å². The Morgan fingerprint density at radius 2 is 2.25 bits per heavy atom. The third kappa shape index (κ3) is 1.78. The first-order chi connectivity index (χ1) is 7.61. The number of primary amides is 1. The van der Waals surface area contributed by atoms with Crippen molar-refractivity contribution in [2.45, 2.75) is 26.7 Å². The third-order valence-electron chi connectivity index (χ3n) is 2.60. The molecule has 4 nitrogen and oxygen atoms in total. The molecule has 0 spiro atoms. The minimum absolute atomic E-state index is 0.406. The number of amides is 1. The first-order valence-electron chi connectivity index (χ1n) is 5.41. The van der Waals surface area contributed by atoms with Crippen LogP contribution < -0.4 is 5.73 Å². The van der Waals surface area contributed by atoms with Crippen molar-refractivity contribution < 1.29 is 4.79 Å². The highest BCUT2D eigenvalue weighted by atomic mass is 16.1. The van der Waals surface area contributed by atoms with Gasteiger partial charge in [0.2, 0.25) is 5.91 Å². The number of hydrogen-bond acceptors (Lipinski definition) is 2. The van der Waals surface area contributed by atoms with E-state index in [1.807, 2.05) is 6.92 Å². The van der Waals surface area contributed by atoms with Crippen molar-refractivity contribution in [3.05, 3.63) is 29.1 Å². The van der Waals surface area contributed by atoms with E-state index in [9.17, 15) is 4.79 Å². The maximum absolute atomic E-state index is 11.1. The molecule has 84 valence electrons. The van der Waals surface area contributed by atoms with Crippen LogP contribution in [0.3, 0.4) is 0 Å². The number of aromatic amines is 1. The summed E-state index contributed by atoms with van der Waals surface area (Å²) in [5.41, 5.74) is 8.58. The average Bonchev–Trinajstić information content (AvgIpc) is 2.61. The van der Waals surface area contributed by atoms with Crippen LogP contribution in [0.2, 0.25) is 0 Å². The Morgan fingerprint density at radius 1 is 1.50 bits per heavy atom. The van der Waals surface area contributed by atoms with E-state index >= 15 is 0 Å². The summed E-state index contributed by atoms with van der Waals surface area (Å²) in [6, 6.07) is 3.54. The van der Waals surface area contributed by atoms with Gasteiger partial charge in [-0.3, -0.25) is 4.79 Å². The summed E-state index contributed by atoms with van der Waals surface area (Å²) in [5, 5.41) is 0. The molecule has 3 N–H and O–H groups in total. The molecule has 0 fully saturated rings. The molecule has 1 aromatic heterocycles. The summed E-state index contributed by atoms with van der Waals surface area (Å²) in [5.74, 6) is 0.555. The van der Waals surface area contributed by atoms with E-state index in [1.54, 1.807) is 12.1 Å². The zero-order chi connectivity index (χ0) is 11.7. The molecule has 0 saturated carbocycles. The Morgan fingerprint density at radius 3 is 2.88 bits per heavy atom. The van der Waals surface area contributed by atoms with Crippen LogP contribution in [-0.4, -0.2) is 15.9 Å². The van der Waals surface area contributed by atoms with Gasteiger partial charge >= 0.3 is 0 Å². The monoisotopic (exact) mass is 217 g/mol. The Kier molecular flexibility index (Phi) is 2.64. The van der Waals surface area contributed by atoms with Crippen LogP contribution in [-0.2, 0) is 6.42 Å². The Hall–Kier alpha value is -1.84. The van der Waals surface area contributed by atoms with Gasteiger partial charge in [0.1, 0.15) is 5.82 Å². The van der Waals surface area contributed by atoms with Gasteiger partial charge in [0, 0.05) is 12.0 Å². The molecule has 0 aliphatic carbocycles. The zero-order valence-corrected chi connectivity index (χ0v) is 9.50. The van der Waals surface area contributed by atoms with Crippen molar-refractivity contribution in [1.82, 2.24) is 9.97 Å². The van der Waals surface area contributed by atoms with Crippen molar-refractivity contribution in [3.8, 4) is 0 Å². The van der Waals surface area contributed by atoms with E-state index in [2.05, 4.69) is 16.9 Å². The number of aromatic nitrogens is 2. The summed E-state index contributed by atoms with van der Waals surface area (Å²) in [6.45, 7) is 4.04. The molecule has 0 radical (unpaired) electrons. The number of benzene rings is 1. The van der Waals surface area contributed by atoms with Crippen LogP contribution in [0.1, 0.15) is 35.1 Å². The molecule has 1 amide bonds. The lowest BCUT2D eigenvalue weighted by Gasteiger charge is -1.98. The van der Waals surface area contributed by atoms with Gasteiger partial charge < -0.3 is 10.7 Å². The summed E-state index contributed by atoms with van der Waals surface area (Å²) in [4.78, 5) is 18.8. The van der Waals surface area contributed by atoms with E-state index in [0.717, 1.165) is 35.3 Å². The van der Waals surface area contributed by atoms with Gasteiger partial charge in [-0.15, -0.1) is 0 Å². The third-order valence-corrected chi connectivity index (χ3v) is 2.60. The highest BCUT2D eigenvalue weighted by Crippen LogP contribution is 2.19. The average molecular weight is 217 g/mol. The molecule has 1 heterocycles. The largest absolute Gasteiger partial charge is 0.366 e. The van der Waals surface area contributed by atoms with E-state index in [1.165, 1.54) is 0 Å². The number of nitrogens with zero attached hydrogens (tertiary/aromatic N) is 1. The Balaban J connectivity index is 2.58.